The van der Waals surface area contributed by atoms with E-state index in [9.17, 15) is 29.4 Å². The number of nitrogens with two attached hydrogens (primary N) is 1. The van der Waals surface area contributed by atoms with Gasteiger partial charge in [0.15, 0.2) is 0 Å². The van der Waals surface area contributed by atoms with Crippen molar-refractivity contribution in [1.82, 2.24) is 16.0 Å². The van der Waals surface area contributed by atoms with Crippen LogP contribution < -0.4 is 21.7 Å². The zero-order chi connectivity index (χ0) is 24.4. The van der Waals surface area contributed by atoms with Crippen LogP contribution in [0, 0.1) is 5.92 Å². The average molecular weight is 469 g/mol. The molecule has 0 radical (unpaired) electrons. The van der Waals surface area contributed by atoms with Gasteiger partial charge in [0, 0.05) is 12.2 Å². The Kier molecular flexibility index (Phi) is 11.0. The molecule has 1 aromatic rings. The van der Waals surface area contributed by atoms with Gasteiger partial charge in [-0.25, -0.2) is 4.79 Å². The van der Waals surface area contributed by atoms with Crippen LogP contribution in [0.4, 0.5) is 0 Å². The standard InChI is InChI=1S/C21H32N4O6S/c1-11(2)8-15(23-18(27)12(3)22)19(28)24-16(9-13-4-6-14(26)7-5-13)20(29)25-17(10-32)21(30)31/h4-7,11-12,15-17,26,32H,8-10,22H2,1-3H3,(H,23,27)(H,24,28)(H,25,29)(H,30,31). The Balaban J connectivity index is 3.10. The summed E-state index contributed by atoms with van der Waals surface area (Å²) in [6.07, 6.45) is 0.346. The molecular weight excluding hydrogens is 436 g/mol. The summed E-state index contributed by atoms with van der Waals surface area (Å²) in [6.45, 7) is 5.25. The lowest BCUT2D eigenvalue weighted by molar-refractivity contribution is -0.141. The van der Waals surface area contributed by atoms with Gasteiger partial charge in [-0.1, -0.05) is 26.0 Å². The van der Waals surface area contributed by atoms with E-state index >= 15 is 0 Å². The summed E-state index contributed by atoms with van der Waals surface area (Å²) in [7, 11) is 0. The SMILES string of the molecule is CC(C)CC(NC(=O)C(C)N)C(=O)NC(Cc1ccc(O)cc1)C(=O)NC(CS)C(=O)O. The maximum Gasteiger partial charge on any atom is 0.327 e. The van der Waals surface area contributed by atoms with E-state index in [2.05, 4.69) is 28.6 Å². The molecule has 0 aliphatic carbocycles. The normalized spacial score (nSPS) is 14.7. The fourth-order valence-electron chi connectivity index (χ4n) is 2.81. The van der Waals surface area contributed by atoms with E-state index < -0.39 is 47.9 Å². The van der Waals surface area contributed by atoms with Gasteiger partial charge in [-0.3, -0.25) is 14.4 Å². The Labute approximate surface area is 192 Å². The molecule has 4 unspecified atom stereocenters. The largest absolute Gasteiger partial charge is 0.508 e. The lowest BCUT2D eigenvalue weighted by atomic mass is 10.0. The monoisotopic (exact) mass is 468 g/mol. The van der Waals surface area contributed by atoms with Gasteiger partial charge in [0.25, 0.3) is 0 Å². The summed E-state index contributed by atoms with van der Waals surface area (Å²) < 4.78 is 0. The number of carbonyl (C=O) groups excluding carboxylic acids is 3. The molecule has 4 atom stereocenters. The predicted octanol–water partition coefficient (Wildman–Crippen LogP) is -0.203. The maximum atomic E-state index is 13.0. The second-order valence-electron chi connectivity index (χ2n) is 7.99. The smallest absolute Gasteiger partial charge is 0.327 e. The van der Waals surface area contributed by atoms with Crippen molar-refractivity contribution in [3.8, 4) is 5.75 Å². The van der Waals surface area contributed by atoms with Gasteiger partial charge < -0.3 is 31.9 Å². The van der Waals surface area contributed by atoms with Crippen molar-refractivity contribution in [2.24, 2.45) is 11.7 Å². The summed E-state index contributed by atoms with van der Waals surface area (Å²) in [6, 6.07) is 1.92. The van der Waals surface area contributed by atoms with E-state index in [1.807, 2.05) is 13.8 Å². The van der Waals surface area contributed by atoms with Crippen LogP contribution in [0.1, 0.15) is 32.8 Å². The van der Waals surface area contributed by atoms with Crippen molar-refractivity contribution in [2.75, 3.05) is 5.75 Å². The van der Waals surface area contributed by atoms with Crippen LogP contribution in [0.15, 0.2) is 24.3 Å². The first kappa shape index (κ1) is 27.2. The fraction of sp³-hybridized carbons (Fsp3) is 0.524. The fourth-order valence-corrected chi connectivity index (χ4v) is 3.06. The molecule has 11 heteroatoms. The van der Waals surface area contributed by atoms with Crippen LogP contribution in [0.3, 0.4) is 0 Å². The van der Waals surface area contributed by atoms with Gasteiger partial charge in [-0.2, -0.15) is 12.6 Å². The highest BCUT2D eigenvalue weighted by Crippen LogP contribution is 2.12. The number of aromatic hydroxyl groups is 1. The van der Waals surface area contributed by atoms with Crippen LogP contribution >= 0.6 is 12.6 Å². The molecule has 0 aliphatic rings. The van der Waals surface area contributed by atoms with Crippen LogP contribution in [0.5, 0.6) is 5.75 Å². The first-order valence-corrected chi connectivity index (χ1v) is 10.9. The number of amides is 3. The van der Waals surface area contributed by atoms with Crippen LogP contribution in [-0.2, 0) is 25.6 Å². The van der Waals surface area contributed by atoms with E-state index in [4.69, 9.17) is 5.73 Å². The molecule has 178 valence electrons. The highest BCUT2D eigenvalue weighted by Gasteiger charge is 2.30. The van der Waals surface area contributed by atoms with Gasteiger partial charge in [-0.15, -0.1) is 0 Å². The highest BCUT2D eigenvalue weighted by molar-refractivity contribution is 7.80. The number of carbonyl (C=O) groups is 4. The van der Waals surface area contributed by atoms with E-state index in [1.165, 1.54) is 19.1 Å². The van der Waals surface area contributed by atoms with E-state index in [1.54, 1.807) is 12.1 Å². The molecule has 7 N–H and O–H groups in total. The molecule has 0 heterocycles. The van der Waals surface area contributed by atoms with Crippen molar-refractivity contribution in [2.45, 2.75) is 57.8 Å². The number of hydrogen-bond donors (Lipinski definition) is 7. The highest BCUT2D eigenvalue weighted by atomic mass is 32.1. The number of phenols is 1. The number of hydrogen-bond acceptors (Lipinski definition) is 7. The molecule has 1 rings (SSSR count). The summed E-state index contributed by atoms with van der Waals surface area (Å²) in [5, 5.41) is 26.2. The molecule has 0 saturated carbocycles. The minimum absolute atomic E-state index is 0.0341. The van der Waals surface area contributed by atoms with Crippen LogP contribution in [0.25, 0.3) is 0 Å². The second-order valence-corrected chi connectivity index (χ2v) is 8.36. The van der Waals surface area contributed by atoms with Crippen molar-refractivity contribution >= 4 is 36.3 Å². The molecule has 0 saturated heterocycles. The third-order valence-corrected chi connectivity index (χ3v) is 4.93. The Bertz CT molecular complexity index is 800. The third-order valence-electron chi connectivity index (χ3n) is 4.56. The topological polar surface area (TPSA) is 171 Å². The Hall–Kier alpha value is -2.79. The van der Waals surface area contributed by atoms with E-state index in [0.29, 0.717) is 12.0 Å². The molecule has 0 spiro atoms. The molecule has 32 heavy (non-hydrogen) atoms. The minimum atomic E-state index is -1.26. The Morgan fingerprint density at radius 2 is 1.41 bits per heavy atom. The first-order valence-electron chi connectivity index (χ1n) is 10.2. The number of carboxylic acids is 1. The number of nitrogens with one attached hydrogen (secondary N) is 3. The summed E-state index contributed by atoms with van der Waals surface area (Å²) in [5.41, 5.74) is 6.21. The van der Waals surface area contributed by atoms with E-state index in [0.717, 1.165) is 0 Å². The number of thiol groups is 1. The molecule has 3 amide bonds. The molecule has 10 nitrogen and oxygen atoms in total. The van der Waals surface area contributed by atoms with Gasteiger partial charge in [0.05, 0.1) is 6.04 Å². The molecule has 1 aromatic carbocycles. The lowest BCUT2D eigenvalue weighted by Gasteiger charge is -2.25. The van der Waals surface area contributed by atoms with E-state index in [-0.39, 0.29) is 23.8 Å². The van der Waals surface area contributed by atoms with Crippen molar-refractivity contribution in [1.29, 1.82) is 0 Å². The van der Waals surface area contributed by atoms with Crippen molar-refractivity contribution in [3.05, 3.63) is 29.8 Å². The zero-order valence-corrected chi connectivity index (χ0v) is 19.3. The molecular formula is C21H32N4O6S. The van der Waals surface area contributed by atoms with Gasteiger partial charge >= 0.3 is 5.97 Å². The number of aliphatic carboxylic acids is 1. The third kappa shape index (κ3) is 9.15. The average Bonchev–Trinajstić information content (AvgIpc) is 2.71. The maximum absolute atomic E-state index is 13.0. The van der Waals surface area contributed by atoms with Crippen LogP contribution in [0.2, 0.25) is 0 Å². The Morgan fingerprint density at radius 3 is 1.88 bits per heavy atom. The number of benzene rings is 1. The molecule has 0 aliphatic heterocycles. The second kappa shape index (κ2) is 12.9. The first-order chi connectivity index (χ1) is 14.9. The summed E-state index contributed by atoms with van der Waals surface area (Å²) >= 11 is 3.94. The van der Waals surface area contributed by atoms with Crippen molar-refractivity contribution < 1.29 is 29.4 Å². The Morgan fingerprint density at radius 1 is 0.906 bits per heavy atom. The van der Waals surface area contributed by atoms with Gasteiger partial charge in [-0.05, 0) is 37.0 Å². The number of rotatable bonds is 12. The van der Waals surface area contributed by atoms with Gasteiger partial charge in [0.1, 0.15) is 23.9 Å². The number of phenolic OH excluding ortho intramolecular Hbond substituents is 1. The molecule has 0 fully saturated rings. The summed E-state index contributed by atoms with van der Waals surface area (Å²) in [5.74, 6) is -3.11. The van der Waals surface area contributed by atoms with Crippen LogP contribution in [-0.4, -0.2) is 63.8 Å². The minimum Gasteiger partial charge on any atom is -0.508 e. The predicted molar refractivity (Wildman–Crippen MR) is 122 cm³/mol. The summed E-state index contributed by atoms with van der Waals surface area (Å²) in [4.78, 5) is 49.1. The number of carboxylic acid groups (broad SMARTS) is 1. The zero-order valence-electron chi connectivity index (χ0n) is 18.4. The quantitative estimate of drug-likeness (QED) is 0.208. The molecule has 0 aromatic heterocycles. The molecule has 0 bridgehead atoms. The lowest BCUT2D eigenvalue weighted by Crippen LogP contribution is -2.57. The van der Waals surface area contributed by atoms with Crippen molar-refractivity contribution in [3.63, 3.8) is 0 Å². The van der Waals surface area contributed by atoms with Gasteiger partial charge in [0.2, 0.25) is 17.7 Å².